The Labute approximate surface area is 182 Å². The fourth-order valence-electron chi connectivity index (χ4n) is 3.97. The van der Waals surface area contributed by atoms with E-state index in [0.717, 1.165) is 41.9 Å². The van der Waals surface area contributed by atoms with Gasteiger partial charge in [0.15, 0.2) is 17.1 Å². The Morgan fingerprint density at radius 3 is 2.55 bits per heavy atom. The van der Waals surface area contributed by atoms with Gasteiger partial charge in [-0.05, 0) is 32.0 Å². The molecule has 1 fully saturated rings. The molecule has 164 valence electrons. The lowest BCUT2D eigenvalue weighted by Crippen LogP contribution is -2.48. The summed E-state index contributed by atoms with van der Waals surface area (Å²) in [5, 5.41) is 5.28. The molecule has 2 aromatic carbocycles. The Morgan fingerprint density at radius 1 is 1.00 bits per heavy atom. The first kappa shape index (κ1) is 21.2. The van der Waals surface area contributed by atoms with Gasteiger partial charge in [0.2, 0.25) is 5.91 Å². The highest BCUT2D eigenvalue weighted by atomic mass is 16.5. The molecule has 0 unspecified atom stereocenters. The number of aromatic nitrogens is 1. The molecule has 1 aromatic heterocycles. The summed E-state index contributed by atoms with van der Waals surface area (Å²) in [6, 6.07) is 13.6. The molecule has 1 aliphatic rings. The molecule has 3 aromatic rings. The molecule has 0 N–H and O–H groups in total. The number of amides is 1. The number of nitrogens with zero attached hydrogens (tertiary/aromatic N) is 3. The average Bonchev–Trinajstić information content (AvgIpc) is 3.19. The van der Waals surface area contributed by atoms with Crippen molar-refractivity contribution in [2.24, 2.45) is 0 Å². The Bertz CT molecular complexity index is 1020. The first-order valence-corrected chi connectivity index (χ1v) is 10.9. The minimum Gasteiger partial charge on any atom is -0.490 e. The van der Waals surface area contributed by atoms with Gasteiger partial charge in [0.05, 0.1) is 19.6 Å². The van der Waals surface area contributed by atoms with Crippen LogP contribution < -0.4 is 9.47 Å². The monoisotopic (exact) mass is 423 g/mol. The molecule has 1 saturated heterocycles. The van der Waals surface area contributed by atoms with Crippen LogP contribution in [-0.2, 0) is 17.8 Å². The summed E-state index contributed by atoms with van der Waals surface area (Å²) in [6.45, 7) is 8.70. The minimum atomic E-state index is 0.112. The zero-order chi connectivity index (χ0) is 21.6. The van der Waals surface area contributed by atoms with Crippen LogP contribution in [0, 0.1) is 0 Å². The van der Waals surface area contributed by atoms with Crippen molar-refractivity contribution in [1.82, 2.24) is 15.0 Å². The Morgan fingerprint density at radius 2 is 1.77 bits per heavy atom. The predicted octanol–water partition coefficient (Wildman–Crippen LogP) is 3.51. The standard InChI is InChI=1S/C24H29N3O4/c1-3-29-22-11-7-8-18(24(22)30-4-2)16-23(28)27-14-12-26(13-15-27)17-20-19-9-5-6-10-21(19)31-25-20/h5-11H,3-4,12-17H2,1-2H3. The first-order valence-electron chi connectivity index (χ1n) is 10.9. The van der Waals surface area contributed by atoms with Crippen molar-refractivity contribution in [2.45, 2.75) is 26.8 Å². The molecule has 0 aliphatic carbocycles. The van der Waals surface area contributed by atoms with E-state index in [4.69, 9.17) is 14.0 Å². The van der Waals surface area contributed by atoms with Crippen LogP contribution in [0.4, 0.5) is 0 Å². The van der Waals surface area contributed by atoms with E-state index in [-0.39, 0.29) is 5.91 Å². The third-order valence-corrected chi connectivity index (χ3v) is 5.54. The summed E-state index contributed by atoms with van der Waals surface area (Å²) in [6.07, 6.45) is 0.310. The number of ether oxygens (including phenoxy) is 2. The van der Waals surface area contributed by atoms with E-state index in [0.29, 0.717) is 44.2 Å². The quantitative estimate of drug-likeness (QED) is 0.552. The fraction of sp³-hybridized carbons (Fsp3) is 0.417. The topological polar surface area (TPSA) is 68.0 Å². The van der Waals surface area contributed by atoms with Crippen LogP contribution in [-0.4, -0.2) is 60.3 Å². The molecular formula is C24H29N3O4. The first-order chi connectivity index (χ1) is 15.2. The van der Waals surface area contributed by atoms with Gasteiger partial charge >= 0.3 is 0 Å². The number of fused-ring (bicyclic) bond motifs is 1. The van der Waals surface area contributed by atoms with Gasteiger partial charge in [-0.3, -0.25) is 9.69 Å². The van der Waals surface area contributed by atoms with Crippen molar-refractivity contribution in [3.8, 4) is 11.5 Å². The second-order valence-corrected chi connectivity index (χ2v) is 7.57. The molecule has 1 aliphatic heterocycles. The number of para-hydroxylation sites is 2. The fourth-order valence-corrected chi connectivity index (χ4v) is 3.97. The minimum absolute atomic E-state index is 0.112. The van der Waals surface area contributed by atoms with Gasteiger partial charge in [-0.15, -0.1) is 0 Å². The molecule has 0 saturated carbocycles. The van der Waals surface area contributed by atoms with Crippen molar-refractivity contribution in [2.75, 3.05) is 39.4 Å². The van der Waals surface area contributed by atoms with Crippen LogP contribution in [0.3, 0.4) is 0 Å². The number of hydrogen-bond acceptors (Lipinski definition) is 6. The summed E-state index contributed by atoms with van der Waals surface area (Å²) in [5.74, 6) is 1.48. The van der Waals surface area contributed by atoms with Gasteiger partial charge in [-0.1, -0.05) is 29.4 Å². The molecule has 0 spiro atoms. The molecule has 0 radical (unpaired) electrons. The molecule has 31 heavy (non-hydrogen) atoms. The van der Waals surface area contributed by atoms with Crippen molar-refractivity contribution >= 4 is 16.9 Å². The lowest BCUT2D eigenvalue weighted by Gasteiger charge is -2.34. The van der Waals surface area contributed by atoms with Crippen LogP contribution in [0.5, 0.6) is 11.5 Å². The summed E-state index contributed by atoms with van der Waals surface area (Å²) in [5.41, 5.74) is 2.63. The molecule has 2 heterocycles. The van der Waals surface area contributed by atoms with Crippen LogP contribution in [0.1, 0.15) is 25.1 Å². The second kappa shape index (κ2) is 9.83. The zero-order valence-electron chi connectivity index (χ0n) is 18.2. The smallest absolute Gasteiger partial charge is 0.227 e. The normalized spacial score (nSPS) is 14.7. The third kappa shape index (κ3) is 4.82. The molecule has 1 amide bonds. The summed E-state index contributed by atoms with van der Waals surface area (Å²) in [7, 11) is 0. The van der Waals surface area contributed by atoms with Crippen molar-refractivity contribution in [3.05, 3.63) is 53.7 Å². The van der Waals surface area contributed by atoms with Gasteiger partial charge < -0.3 is 18.9 Å². The number of hydrogen-bond donors (Lipinski definition) is 0. The van der Waals surface area contributed by atoms with Gasteiger partial charge in [-0.2, -0.15) is 0 Å². The van der Waals surface area contributed by atoms with Gasteiger partial charge in [-0.25, -0.2) is 0 Å². The largest absolute Gasteiger partial charge is 0.490 e. The third-order valence-electron chi connectivity index (χ3n) is 5.54. The van der Waals surface area contributed by atoms with E-state index < -0.39 is 0 Å². The highest BCUT2D eigenvalue weighted by Gasteiger charge is 2.24. The molecule has 0 atom stereocenters. The number of benzene rings is 2. The van der Waals surface area contributed by atoms with Crippen LogP contribution >= 0.6 is 0 Å². The van der Waals surface area contributed by atoms with Crippen LogP contribution in [0.2, 0.25) is 0 Å². The molecule has 7 heteroatoms. The van der Waals surface area contributed by atoms with Crippen molar-refractivity contribution in [1.29, 1.82) is 0 Å². The van der Waals surface area contributed by atoms with Gasteiger partial charge in [0.1, 0.15) is 5.69 Å². The summed E-state index contributed by atoms with van der Waals surface area (Å²) in [4.78, 5) is 17.2. The van der Waals surface area contributed by atoms with Crippen LogP contribution in [0.25, 0.3) is 11.0 Å². The van der Waals surface area contributed by atoms with Gasteiger partial charge in [0.25, 0.3) is 0 Å². The van der Waals surface area contributed by atoms with Crippen molar-refractivity contribution < 1.29 is 18.8 Å². The summed E-state index contributed by atoms with van der Waals surface area (Å²) < 4.78 is 16.9. The Balaban J connectivity index is 1.36. The summed E-state index contributed by atoms with van der Waals surface area (Å²) >= 11 is 0. The zero-order valence-corrected chi connectivity index (χ0v) is 18.2. The van der Waals surface area contributed by atoms with E-state index in [1.807, 2.05) is 61.2 Å². The lowest BCUT2D eigenvalue weighted by atomic mass is 10.1. The van der Waals surface area contributed by atoms with E-state index >= 15 is 0 Å². The van der Waals surface area contributed by atoms with Crippen LogP contribution in [0.15, 0.2) is 47.0 Å². The Kier molecular flexibility index (Phi) is 6.72. The predicted molar refractivity (Wildman–Crippen MR) is 118 cm³/mol. The number of rotatable bonds is 8. The van der Waals surface area contributed by atoms with E-state index in [2.05, 4.69) is 10.1 Å². The molecule has 7 nitrogen and oxygen atoms in total. The SMILES string of the molecule is CCOc1cccc(CC(=O)N2CCN(Cc3noc4ccccc34)CC2)c1OCC. The van der Waals surface area contributed by atoms with Crippen molar-refractivity contribution in [3.63, 3.8) is 0 Å². The van der Waals surface area contributed by atoms with E-state index in [1.165, 1.54) is 0 Å². The number of carbonyl (C=O) groups is 1. The lowest BCUT2D eigenvalue weighted by molar-refractivity contribution is -0.132. The Hall–Kier alpha value is -3.06. The maximum atomic E-state index is 13.0. The number of piperazine rings is 1. The van der Waals surface area contributed by atoms with E-state index in [9.17, 15) is 4.79 Å². The highest BCUT2D eigenvalue weighted by Crippen LogP contribution is 2.32. The maximum absolute atomic E-state index is 13.0. The molecular weight excluding hydrogens is 394 g/mol. The number of carbonyl (C=O) groups excluding carboxylic acids is 1. The second-order valence-electron chi connectivity index (χ2n) is 7.57. The average molecular weight is 424 g/mol. The maximum Gasteiger partial charge on any atom is 0.227 e. The van der Waals surface area contributed by atoms with E-state index in [1.54, 1.807) is 0 Å². The highest BCUT2D eigenvalue weighted by molar-refractivity contribution is 5.80. The molecule has 0 bridgehead atoms. The molecule has 4 rings (SSSR count). The van der Waals surface area contributed by atoms with Gasteiger partial charge in [0, 0.05) is 43.7 Å².